The molecule has 0 amide bonds. The number of hydrogen-bond acceptors (Lipinski definition) is 8. The maximum absolute atomic E-state index is 11.0. The summed E-state index contributed by atoms with van der Waals surface area (Å²) in [6.45, 7) is 1.97. The van der Waals surface area contributed by atoms with Crippen LogP contribution in [0.2, 0.25) is 0 Å². The monoisotopic (exact) mass is 421 g/mol. The molecular weight excluding hydrogens is 402 g/mol. The van der Waals surface area contributed by atoms with Crippen molar-refractivity contribution < 1.29 is 4.92 Å². The molecule has 0 atom stereocenters. The van der Waals surface area contributed by atoms with Crippen LogP contribution in [-0.2, 0) is 0 Å². The molecule has 1 aliphatic rings. The quantitative estimate of drug-likeness (QED) is 0.374. The first kappa shape index (κ1) is 18.6. The minimum atomic E-state index is -0.403. The summed E-state index contributed by atoms with van der Waals surface area (Å²) >= 11 is 1.53. The van der Waals surface area contributed by atoms with Crippen LogP contribution in [0.3, 0.4) is 0 Å². The summed E-state index contributed by atoms with van der Waals surface area (Å²) < 4.78 is 2.00. The number of benzene rings is 1. The third-order valence-electron chi connectivity index (χ3n) is 5.18. The lowest BCUT2D eigenvalue weighted by molar-refractivity contribution is -0.384. The molecule has 152 valence electrons. The number of rotatable bonds is 5. The molecule has 0 aliphatic carbocycles. The van der Waals surface area contributed by atoms with Crippen LogP contribution < -0.4 is 10.6 Å². The van der Waals surface area contributed by atoms with Gasteiger partial charge in [0, 0.05) is 41.5 Å². The van der Waals surface area contributed by atoms with Crippen LogP contribution >= 0.6 is 11.3 Å². The largest absolute Gasteiger partial charge is 0.351 e. The Labute approximate surface area is 176 Å². The van der Waals surface area contributed by atoms with Gasteiger partial charge in [0.2, 0.25) is 5.95 Å². The second kappa shape index (κ2) is 7.81. The van der Waals surface area contributed by atoms with Crippen LogP contribution in [0, 0.1) is 10.1 Å². The lowest BCUT2D eigenvalue weighted by Gasteiger charge is -2.23. The average Bonchev–Trinajstić information content (AvgIpc) is 3.36. The van der Waals surface area contributed by atoms with Gasteiger partial charge in [-0.2, -0.15) is 0 Å². The van der Waals surface area contributed by atoms with E-state index in [9.17, 15) is 10.1 Å². The van der Waals surface area contributed by atoms with E-state index in [-0.39, 0.29) is 5.69 Å². The maximum Gasteiger partial charge on any atom is 0.269 e. The van der Waals surface area contributed by atoms with E-state index in [0.29, 0.717) is 12.0 Å². The molecule has 0 unspecified atom stereocenters. The van der Waals surface area contributed by atoms with Gasteiger partial charge in [-0.05, 0) is 44.1 Å². The van der Waals surface area contributed by atoms with Crippen LogP contribution in [-0.4, -0.2) is 43.4 Å². The summed E-state index contributed by atoms with van der Waals surface area (Å²) in [4.78, 5) is 25.4. The number of non-ortho nitro benzene ring substituents is 1. The van der Waals surface area contributed by atoms with E-state index in [1.165, 1.54) is 23.5 Å². The molecule has 0 radical (unpaired) electrons. The molecule has 1 aromatic carbocycles. The first-order valence-electron chi connectivity index (χ1n) is 9.70. The number of thiazole rings is 1. The van der Waals surface area contributed by atoms with Crippen LogP contribution in [0.25, 0.3) is 27.6 Å². The van der Waals surface area contributed by atoms with E-state index >= 15 is 0 Å². The Morgan fingerprint density at radius 2 is 1.97 bits per heavy atom. The molecule has 1 aliphatic heterocycles. The first-order chi connectivity index (χ1) is 14.7. The minimum Gasteiger partial charge on any atom is -0.351 e. The third-order valence-corrected chi connectivity index (χ3v) is 5.94. The SMILES string of the molecule is O=[N+]([O-])c1ccc(-c2nc3sccn3c2-c2ccnc(NC3CCNCC3)n2)cc1. The van der Waals surface area contributed by atoms with Crippen molar-refractivity contribution in [2.24, 2.45) is 0 Å². The van der Waals surface area contributed by atoms with Gasteiger partial charge < -0.3 is 10.6 Å². The van der Waals surface area contributed by atoms with Gasteiger partial charge in [0.25, 0.3) is 5.69 Å². The summed E-state index contributed by atoms with van der Waals surface area (Å²) in [5, 5.41) is 19.8. The predicted octanol–water partition coefficient (Wildman–Crippen LogP) is 3.59. The Morgan fingerprint density at radius 3 is 2.73 bits per heavy atom. The molecule has 4 aromatic rings. The van der Waals surface area contributed by atoms with Gasteiger partial charge in [-0.25, -0.2) is 15.0 Å². The average molecular weight is 421 g/mol. The molecular formula is C20H19N7O2S. The zero-order chi connectivity index (χ0) is 20.5. The third kappa shape index (κ3) is 3.51. The molecule has 1 fully saturated rings. The molecule has 1 saturated heterocycles. The number of nitrogens with zero attached hydrogens (tertiary/aromatic N) is 5. The topological polar surface area (TPSA) is 110 Å². The molecule has 5 rings (SSSR count). The molecule has 0 saturated carbocycles. The highest BCUT2D eigenvalue weighted by molar-refractivity contribution is 7.15. The van der Waals surface area contributed by atoms with E-state index in [4.69, 9.17) is 9.97 Å². The van der Waals surface area contributed by atoms with Gasteiger partial charge >= 0.3 is 0 Å². The van der Waals surface area contributed by atoms with Crippen LogP contribution in [0.15, 0.2) is 48.1 Å². The van der Waals surface area contributed by atoms with Crippen molar-refractivity contribution in [1.29, 1.82) is 0 Å². The first-order valence-corrected chi connectivity index (χ1v) is 10.6. The standard InChI is InChI=1S/C20H19N7O2S/c28-27(29)15-3-1-13(2-4-15)17-18(26-11-12-30-20(26)25-17)16-7-10-22-19(24-16)23-14-5-8-21-9-6-14/h1-4,7,10-12,14,21H,5-6,8-9H2,(H,22,23,24). The molecule has 0 spiro atoms. The van der Waals surface area contributed by atoms with E-state index in [1.54, 1.807) is 18.3 Å². The second-order valence-electron chi connectivity index (χ2n) is 7.10. The van der Waals surface area contributed by atoms with Crippen molar-refractivity contribution in [3.05, 3.63) is 58.2 Å². The Hall–Kier alpha value is -3.37. The highest BCUT2D eigenvalue weighted by Crippen LogP contribution is 2.34. The van der Waals surface area contributed by atoms with E-state index < -0.39 is 4.92 Å². The Morgan fingerprint density at radius 1 is 1.17 bits per heavy atom. The van der Waals surface area contributed by atoms with Crippen molar-refractivity contribution in [2.75, 3.05) is 18.4 Å². The highest BCUT2D eigenvalue weighted by atomic mass is 32.1. The molecule has 30 heavy (non-hydrogen) atoms. The second-order valence-corrected chi connectivity index (χ2v) is 7.98. The van der Waals surface area contributed by atoms with Gasteiger partial charge in [-0.1, -0.05) is 0 Å². The van der Waals surface area contributed by atoms with Crippen molar-refractivity contribution in [3.63, 3.8) is 0 Å². The summed E-state index contributed by atoms with van der Waals surface area (Å²) in [6.07, 6.45) is 5.77. The van der Waals surface area contributed by atoms with Gasteiger partial charge in [-0.15, -0.1) is 11.3 Å². The number of hydrogen-bond donors (Lipinski definition) is 2. The Balaban J connectivity index is 1.55. The van der Waals surface area contributed by atoms with Crippen LogP contribution in [0.5, 0.6) is 0 Å². The van der Waals surface area contributed by atoms with Gasteiger partial charge in [-0.3, -0.25) is 14.5 Å². The van der Waals surface area contributed by atoms with Crippen LogP contribution in [0.1, 0.15) is 12.8 Å². The Bertz CT molecular complexity index is 1200. The highest BCUT2D eigenvalue weighted by Gasteiger charge is 2.20. The molecule has 9 nitrogen and oxygen atoms in total. The minimum absolute atomic E-state index is 0.0526. The molecule has 2 N–H and O–H groups in total. The normalized spacial score (nSPS) is 14.8. The predicted molar refractivity (Wildman–Crippen MR) is 116 cm³/mol. The van der Waals surface area contributed by atoms with E-state index in [1.807, 2.05) is 22.0 Å². The number of nitro groups is 1. The number of fused-ring (bicyclic) bond motifs is 1. The van der Waals surface area contributed by atoms with Crippen molar-refractivity contribution in [3.8, 4) is 22.6 Å². The number of nitrogens with one attached hydrogen (secondary N) is 2. The molecule has 4 heterocycles. The maximum atomic E-state index is 11.0. The molecule has 10 heteroatoms. The summed E-state index contributed by atoms with van der Waals surface area (Å²) in [5.74, 6) is 0.597. The van der Waals surface area contributed by atoms with Gasteiger partial charge in [0.15, 0.2) is 4.96 Å². The fraction of sp³-hybridized carbons (Fsp3) is 0.250. The van der Waals surface area contributed by atoms with E-state index in [2.05, 4.69) is 15.6 Å². The smallest absolute Gasteiger partial charge is 0.269 e. The number of imidazole rings is 1. The number of piperidine rings is 1. The van der Waals surface area contributed by atoms with Gasteiger partial charge in [0.05, 0.1) is 16.3 Å². The van der Waals surface area contributed by atoms with E-state index in [0.717, 1.165) is 53.5 Å². The van der Waals surface area contributed by atoms with Crippen molar-refractivity contribution in [1.82, 2.24) is 24.7 Å². The number of aromatic nitrogens is 4. The van der Waals surface area contributed by atoms with Crippen LogP contribution in [0.4, 0.5) is 11.6 Å². The zero-order valence-electron chi connectivity index (χ0n) is 16.0. The summed E-state index contributed by atoms with van der Waals surface area (Å²) in [6, 6.07) is 8.66. The summed E-state index contributed by atoms with van der Waals surface area (Å²) in [7, 11) is 0. The molecule has 3 aromatic heterocycles. The van der Waals surface area contributed by atoms with Gasteiger partial charge in [0.1, 0.15) is 5.69 Å². The summed E-state index contributed by atoms with van der Waals surface area (Å²) in [5.41, 5.74) is 3.19. The van der Waals surface area contributed by atoms with Crippen molar-refractivity contribution in [2.45, 2.75) is 18.9 Å². The van der Waals surface area contributed by atoms with Crippen molar-refractivity contribution >= 4 is 27.9 Å². The lowest BCUT2D eigenvalue weighted by Crippen LogP contribution is -2.35. The zero-order valence-corrected chi connectivity index (χ0v) is 16.8. The fourth-order valence-corrected chi connectivity index (χ4v) is 4.40. The Kier molecular flexibility index (Phi) is 4.85. The number of anilines is 1. The number of nitro benzene ring substituents is 1. The fourth-order valence-electron chi connectivity index (χ4n) is 3.68. The lowest BCUT2D eigenvalue weighted by atomic mass is 10.1. The molecule has 0 bridgehead atoms.